The number of aromatic carboxylic acids is 1. The Bertz CT molecular complexity index is 388. The monoisotopic (exact) mass is 226 g/mol. The molecule has 0 aliphatic carbocycles. The summed E-state index contributed by atoms with van der Waals surface area (Å²) in [5.74, 6) is -5.95. The maximum Gasteiger partial charge on any atom is 0.354 e. The van der Waals surface area contributed by atoms with Gasteiger partial charge in [0, 0.05) is 13.1 Å². The van der Waals surface area contributed by atoms with Gasteiger partial charge >= 0.3 is 18.3 Å². The number of alkyl halides is 4. The van der Waals surface area contributed by atoms with E-state index in [9.17, 15) is 22.4 Å². The van der Waals surface area contributed by atoms with Crippen LogP contribution in [-0.2, 0) is 13.0 Å². The van der Waals surface area contributed by atoms with Gasteiger partial charge in [0.25, 0.3) is 0 Å². The predicted octanol–water partition coefficient (Wildman–Crippen LogP) is 1.48. The molecule has 4 nitrogen and oxygen atoms in total. The summed E-state index contributed by atoms with van der Waals surface area (Å²) < 4.78 is 49.8. The minimum Gasteiger partial charge on any atom is -0.477 e. The zero-order valence-corrected chi connectivity index (χ0v) is 7.42. The van der Waals surface area contributed by atoms with Crippen LogP contribution in [0.2, 0.25) is 0 Å². The summed E-state index contributed by atoms with van der Waals surface area (Å²) in [5, 5.41) is 11.5. The zero-order valence-electron chi connectivity index (χ0n) is 7.42. The van der Waals surface area contributed by atoms with Gasteiger partial charge in [0.1, 0.15) is 11.4 Å². The molecule has 0 aromatic carbocycles. The van der Waals surface area contributed by atoms with Crippen molar-refractivity contribution < 1.29 is 27.5 Å². The molecule has 15 heavy (non-hydrogen) atoms. The summed E-state index contributed by atoms with van der Waals surface area (Å²) in [6, 6.07) is 0.425. The lowest BCUT2D eigenvalue weighted by Crippen LogP contribution is -2.24. The van der Waals surface area contributed by atoms with Crippen LogP contribution in [-0.4, -0.2) is 27.3 Å². The first-order valence-electron chi connectivity index (χ1n) is 3.70. The molecule has 0 spiro atoms. The third-order valence-electron chi connectivity index (χ3n) is 1.71. The quantitative estimate of drug-likeness (QED) is 0.794. The number of carboxylic acid groups (broad SMARTS) is 1. The summed E-state index contributed by atoms with van der Waals surface area (Å²) in [7, 11) is 1.08. The summed E-state index contributed by atoms with van der Waals surface area (Å²) in [6.07, 6.45) is -3.92. The van der Waals surface area contributed by atoms with E-state index < -0.39 is 29.7 Å². The van der Waals surface area contributed by atoms with E-state index in [0.29, 0.717) is 10.7 Å². The highest BCUT2D eigenvalue weighted by molar-refractivity contribution is 5.85. The Morgan fingerprint density at radius 1 is 1.60 bits per heavy atom. The molecular formula is C7H6F4N2O2. The Kier molecular flexibility index (Phi) is 2.69. The van der Waals surface area contributed by atoms with E-state index in [1.165, 1.54) is 0 Å². The lowest BCUT2D eigenvalue weighted by Gasteiger charge is -2.11. The molecule has 1 aromatic rings. The smallest absolute Gasteiger partial charge is 0.354 e. The molecule has 0 saturated carbocycles. The molecule has 0 bridgehead atoms. The molecule has 0 fully saturated rings. The van der Waals surface area contributed by atoms with E-state index in [1.54, 1.807) is 0 Å². The molecular weight excluding hydrogens is 220 g/mol. The fraction of sp³-hybridized carbons (Fsp3) is 0.429. The molecule has 84 valence electrons. The van der Waals surface area contributed by atoms with Gasteiger partial charge in [-0.25, -0.2) is 13.6 Å². The molecule has 0 unspecified atom stereocenters. The number of carbonyl (C=O) groups is 1. The fourth-order valence-corrected chi connectivity index (χ4v) is 0.942. The van der Waals surface area contributed by atoms with Crippen molar-refractivity contribution in [2.24, 2.45) is 7.05 Å². The van der Waals surface area contributed by atoms with Crippen LogP contribution in [0.25, 0.3) is 0 Å². The van der Waals surface area contributed by atoms with E-state index in [1.807, 2.05) is 0 Å². The number of aromatic nitrogens is 2. The first kappa shape index (κ1) is 11.5. The summed E-state index contributed by atoms with van der Waals surface area (Å²) in [6.45, 7) is 0. The van der Waals surface area contributed by atoms with E-state index in [2.05, 4.69) is 5.10 Å². The van der Waals surface area contributed by atoms with Crippen molar-refractivity contribution in [3.05, 3.63) is 17.5 Å². The number of hydrogen-bond acceptors (Lipinski definition) is 2. The molecule has 0 amide bonds. The van der Waals surface area contributed by atoms with Crippen LogP contribution in [0.1, 0.15) is 16.2 Å². The highest BCUT2D eigenvalue weighted by Gasteiger charge is 2.45. The third kappa shape index (κ3) is 1.92. The molecule has 0 saturated heterocycles. The Balaban J connectivity index is 3.18. The molecule has 1 aromatic heterocycles. The van der Waals surface area contributed by atoms with Crippen molar-refractivity contribution in [1.29, 1.82) is 0 Å². The molecule has 0 aliphatic rings. The van der Waals surface area contributed by atoms with Crippen LogP contribution in [0.4, 0.5) is 17.6 Å². The second-order valence-corrected chi connectivity index (χ2v) is 2.77. The van der Waals surface area contributed by atoms with Crippen LogP contribution in [0, 0.1) is 0 Å². The van der Waals surface area contributed by atoms with Crippen molar-refractivity contribution in [2.45, 2.75) is 12.3 Å². The Hall–Kier alpha value is -1.60. The third-order valence-corrected chi connectivity index (χ3v) is 1.71. The lowest BCUT2D eigenvalue weighted by atomic mass is 10.2. The largest absolute Gasteiger partial charge is 0.477 e. The van der Waals surface area contributed by atoms with Crippen LogP contribution >= 0.6 is 0 Å². The first-order valence-corrected chi connectivity index (χ1v) is 3.70. The van der Waals surface area contributed by atoms with Crippen LogP contribution in [0.5, 0.6) is 0 Å². The molecule has 8 heteroatoms. The standard InChI is InChI=1S/C7H6F4N2O2/c1-13-3(5(14)15)2-4(12-13)7(10,11)6(8)9/h2,6H,1H3,(H,14,15). The minimum absolute atomic E-state index is 0.425. The normalized spacial score (nSPS) is 12.1. The van der Waals surface area contributed by atoms with E-state index in [4.69, 9.17) is 5.11 Å². The molecule has 0 radical (unpaired) electrons. The number of rotatable bonds is 3. The second kappa shape index (κ2) is 3.52. The molecule has 1 heterocycles. The average molecular weight is 226 g/mol. The Morgan fingerprint density at radius 3 is 2.47 bits per heavy atom. The van der Waals surface area contributed by atoms with Crippen molar-refractivity contribution >= 4 is 5.97 Å². The fourth-order valence-electron chi connectivity index (χ4n) is 0.942. The number of carboxylic acids is 1. The van der Waals surface area contributed by atoms with E-state index in [-0.39, 0.29) is 0 Å². The van der Waals surface area contributed by atoms with Crippen molar-refractivity contribution in [1.82, 2.24) is 9.78 Å². The van der Waals surface area contributed by atoms with Gasteiger partial charge in [0.15, 0.2) is 0 Å². The van der Waals surface area contributed by atoms with Crippen LogP contribution in [0.15, 0.2) is 6.07 Å². The zero-order chi connectivity index (χ0) is 11.8. The predicted molar refractivity (Wildman–Crippen MR) is 40.1 cm³/mol. The minimum atomic E-state index is -4.44. The SMILES string of the molecule is Cn1nc(C(F)(F)C(F)F)cc1C(=O)O. The van der Waals surface area contributed by atoms with Crippen molar-refractivity contribution in [2.75, 3.05) is 0 Å². The number of hydrogen-bond donors (Lipinski definition) is 1. The summed E-state index contributed by atoms with van der Waals surface area (Å²) in [4.78, 5) is 10.4. The number of nitrogens with zero attached hydrogens (tertiary/aromatic N) is 2. The van der Waals surface area contributed by atoms with Crippen molar-refractivity contribution in [3.63, 3.8) is 0 Å². The maximum absolute atomic E-state index is 12.7. The van der Waals surface area contributed by atoms with Crippen molar-refractivity contribution in [3.8, 4) is 0 Å². The van der Waals surface area contributed by atoms with Gasteiger partial charge < -0.3 is 5.11 Å². The summed E-state index contributed by atoms with van der Waals surface area (Å²) >= 11 is 0. The van der Waals surface area contributed by atoms with E-state index >= 15 is 0 Å². The molecule has 0 atom stereocenters. The number of halogens is 4. The highest BCUT2D eigenvalue weighted by atomic mass is 19.3. The summed E-state index contributed by atoms with van der Waals surface area (Å²) in [5.41, 5.74) is -1.83. The first-order chi connectivity index (χ1) is 6.76. The van der Waals surface area contributed by atoms with Gasteiger partial charge in [0.2, 0.25) is 0 Å². The lowest BCUT2D eigenvalue weighted by molar-refractivity contribution is -0.138. The van der Waals surface area contributed by atoms with Gasteiger partial charge in [-0.3, -0.25) is 4.68 Å². The topological polar surface area (TPSA) is 55.1 Å². The van der Waals surface area contributed by atoms with Gasteiger partial charge in [0.05, 0.1) is 0 Å². The van der Waals surface area contributed by atoms with Crippen LogP contribution in [0.3, 0.4) is 0 Å². The molecule has 0 aliphatic heterocycles. The van der Waals surface area contributed by atoms with Gasteiger partial charge in [-0.05, 0) is 0 Å². The highest BCUT2D eigenvalue weighted by Crippen LogP contribution is 2.33. The van der Waals surface area contributed by atoms with Gasteiger partial charge in [-0.1, -0.05) is 0 Å². The van der Waals surface area contributed by atoms with Crippen LogP contribution < -0.4 is 0 Å². The molecule has 1 rings (SSSR count). The van der Waals surface area contributed by atoms with Gasteiger partial charge in [-0.15, -0.1) is 0 Å². The Labute approximate surface area is 81.1 Å². The number of aryl methyl sites for hydroxylation is 1. The molecule has 1 N–H and O–H groups in total. The Morgan fingerprint density at radius 2 is 2.13 bits per heavy atom. The van der Waals surface area contributed by atoms with E-state index in [0.717, 1.165) is 7.05 Å². The van der Waals surface area contributed by atoms with Gasteiger partial charge in [-0.2, -0.15) is 13.9 Å². The second-order valence-electron chi connectivity index (χ2n) is 2.77. The maximum atomic E-state index is 12.7. The average Bonchev–Trinajstić information content (AvgIpc) is 2.47.